The topological polar surface area (TPSA) is 85.3 Å². The Balaban J connectivity index is 1.62. The lowest BCUT2D eigenvalue weighted by atomic mass is 10.0. The standard InChI is InChI=1S/C15H18N4O3/c1-9-12(22-14(17-9)10-5-6-10)15(20)19-7-3-2-4-11(19)13-16-8-21-18-13/h8,10-11H,2-7H2,1H3/t11-/m0/s1. The van der Waals surface area contributed by atoms with E-state index in [1.54, 1.807) is 4.90 Å². The number of piperidine rings is 1. The van der Waals surface area contributed by atoms with Crippen LogP contribution in [0, 0.1) is 6.92 Å². The summed E-state index contributed by atoms with van der Waals surface area (Å²) in [5, 5.41) is 3.91. The molecule has 0 bridgehead atoms. The first-order chi connectivity index (χ1) is 10.7. The molecule has 1 aliphatic heterocycles. The summed E-state index contributed by atoms with van der Waals surface area (Å²) in [4.78, 5) is 23.2. The van der Waals surface area contributed by atoms with Gasteiger partial charge in [0.1, 0.15) is 0 Å². The number of likely N-dealkylation sites (tertiary alicyclic amines) is 1. The Morgan fingerprint density at radius 2 is 2.18 bits per heavy atom. The molecule has 0 N–H and O–H groups in total. The highest BCUT2D eigenvalue weighted by Crippen LogP contribution is 2.40. The molecule has 3 heterocycles. The van der Waals surface area contributed by atoms with Crippen molar-refractivity contribution in [1.29, 1.82) is 0 Å². The predicted octanol–water partition coefficient (Wildman–Crippen LogP) is 2.61. The molecule has 22 heavy (non-hydrogen) atoms. The highest BCUT2D eigenvalue weighted by atomic mass is 16.5. The van der Waals surface area contributed by atoms with Crippen molar-refractivity contribution in [2.45, 2.75) is 51.0 Å². The van der Waals surface area contributed by atoms with Gasteiger partial charge in [-0.1, -0.05) is 5.16 Å². The van der Waals surface area contributed by atoms with Gasteiger partial charge < -0.3 is 13.8 Å². The SMILES string of the molecule is Cc1nc(C2CC2)oc1C(=O)N1CCCC[C@H]1c1ncon1. The van der Waals surface area contributed by atoms with Crippen LogP contribution in [0.25, 0.3) is 0 Å². The van der Waals surface area contributed by atoms with E-state index < -0.39 is 0 Å². The second-order valence-electron chi connectivity index (χ2n) is 6.04. The molecule has 1 amide bonds. The summed E-state index contributed by atoms with van der Waals surface area (Å²) < 4.78 is 10.6. The Bertz CT molecular complexity index is 675. The number of carbonyl (C=O) groups is 1. The van der Waals surface area contributed by atoms with Crippen LogP contribution in [0.5, 0.6) is 0 Å². The van der Waals surface area contributed by atoms with E-state index in [0.717, 1.165) is 32.1 Å². The lowest BCUT2D eigenvalue weighted by molar-refractivity contribution is 0.0561. The quantitative estimate of drug-likeness (QED) is 0.866. The Hall–Kier alpha value is -2.18. The van der Waals surface area contributed by atoms with Crippen LogP contribution in [0.2, 0.25) is 0 Å². The highest BCUT2D eigenvalue weighted by molar-refractivity contribution is 5.92. The molecule has 0 unspecified atom stereocenters. The lowest BCUT2D eigenvalue weighted by Crippen LogP contribution is -2.39. The number of aryl methyl sites for hydroxylation is 1. The summed E-state index contributed by atoms with van der Waals surface area (Å²) in [5.74, 6) is 1.90. The third-order valence-corrected chi connectivity index (χ3v) is 4.37. The maximum absolute atomic E-state index is 12.9. The fourth-order valence-corrected chi connectivity index (χ4v) is 3.02. The van der Waals surface area contributed by atoms with Crippen LogP contribution in [-0.2, 0) is 0 Å². The zero-order valence-electron chi connectivity index (χ0n) is 12.5. The maximum Gasteiger partial charge on any atom is 0.292 e. The van der Waals surface area contributed by atoms with Crippen molar-refractivity contribution in [1.82, 2.24) is 20.0 Å². The monoisotopic (exact) mass is 302 g/mol. The number of hydrogen-bond acceptors (Lipinski definition) is 6. The molecule has 2 fully saturated rings. The van der Waals surface area contributed by atoms with Crippen LogP contribution in [0.1, 0.15) is 72.0 Å². The Labute approximate surface area is 127 Å². The normalized spacial score (nSPS) is 22.0. The molecule has 7 nitrogen and oxygen atoms in total. The van der Waals surface area contributed by atoms with Crippen LogP contribution < -0.4 is 0 Å². The van der Waals surface area contributed by atoms with Crippen molar-refractivity contribution in [3.05, 3.63) is 29.6 Å². The number of aromatic nitrogens is 3. The fraction of sp³-hybridized carbons (Fsp3) is 0.600. The van der Waals surface area contributed by atoms with E-state index in [0.29, 0.717) is 35.6 Å². The summed E-state index contributed by atoms with van der Waals surface area (Å²) in [5.41, 5.74) is 0.671. The molecule has 2 aromatic rings. The van der Waals surface area contributed by atoms with Crippen molar-refractivity contribution < 1.29 is 13.7 Å². The molecule has 4 rings (SSSR count). The van der Waals surface area contributed by atoms with E-state index in [1.807, 2.05) is 6.92 Å². The lowest BCUT2D eigenvalue weighted by Gasteiger charge is -2.33. The Morgan fingerprint density at radius 1 is 1.32 bits per heavy atom. The van der Waals surface area contributed by atoms with Gasteiger partial charge in [0.15, 0.2) is 11.7 Å². The van der Waals surface area contributed by atoms with Crippen LogP contribution in [0.3, 0.4) is 0 Å². The number of oxazole rings is 1. The first-order valence-corrected chi connectivity index (χ1v) is 7.78. The molecule has 2 aromatic heterocycles. The summed E-state index contributed by atoms with van der Waals surface area (Å²) in [6, 6.07) is -0.145. The van der Waals surface area contributed by atoms with Crippen molar-refractivity contribution in [2.24, 2.45) is 0 Å². The van der Waals surface area contributed by atoms with E-state index in [2.05, 4.69) is 15.1 Å². The van der Waals surface area contributed by atoms with Gasteiger partial charge in [0.05, 0.1) is 11.7 Å². The van der Waals surface area contributed by atoms with Crippen LogP contribution in [0.4, 0.5) is 0 Å². The molecule has 1 atom stereocenters. The fourth-order valence-electron chi connectivity index (χ4n) is 3.02. The van der Waals surface area contributed by atoms with Gasteiger partial charge in [-0.05, 0) is 39.0 Å². The van der Waals surface area contributed by atoms with E-state index >= 15 is 0 Å². The van der Waals surface area contributed by atoms with Crippen LogP contribution in [0.15, 0.2) is 15.3 Å². The molecule has 116 valence electrons. The van der Waals surface area contributed by atoms with E-state index in [9.17, 15) is 4.79 Å². The summed E-state index contributed by atoms with van der Waals surface area (Å²) in [6.07, 6.45) is 6.37. The molecular weight excluding hydrogens is 284 g/mol. The second-order valence-corrected chi connectivity index (χ2v) is 6.04. The minimum atomic E-state index is -0.145. The Kier molecular flexibility index (Phi) is 3.20. The molecule has 2 aliphatic rings. The minimum Gasteiger partial charge on any atom is -0.435 e. The van der Waals surface area contributed by atoms with Gasteiger partial charge in [0.25, 0.3) is 5.91 Å². The Morgan fingerprint density at radius 3 is 2.91 bits per heavy atom. The number of rotatable bonds is 3. The average Bonchev–Trinajstić information content (AvgIpc) is 3.10. The van der Waals surface area contributed by atoms with Gasteiger partial charge in [-0.15, -0.1) is 0 Å². The molecule has 0 spiro atoms. The maximum atomic E-state index is 12.9. The summed E-state index contributed by atoms with van der Waals surface area (Å²) in [7, 11) is 0. The van der Waals surface area contributed by atoms with Crippen LogP contribution in [-0.4, -0.2) is 32.5 Å². The first kappa shape index (κ1) is 13.5. The smallest absolute Gasteiger partial charge is 0.292 e. The van der Waals surface area contributed by atoms with Gasteiger partial charge in [0.2, 0.25) is 12.2 Å². The molecule has 0 radical (unpaired) electrons. The van der Waals surface area contributed by atoms with Crippen molar-refractivity contribution in [2.75, 3.05) is 6.54 Å². The van der Waals surface area contributed by atoms with E-state index in [4.69, 9.17) is 8.94 Å². The molecule has 0 aromatic carbocycles. The van der Waals surface area contributed by atoms with Gasteiger partial charge >= 0.3 is 0 Å². The largest absolute Gasteiger partial charge is 0.435 e. The molecule has 1 saturated heterocycles. The molecule has 7 heteroatoms. The third-order valence-electron chi connectivity index (χ3n) is 4.37. The van der Waals surface area contributed by atoms with Crippen LogP contribution >= 0.6 is 0 Å². The average molecular weight is 302 g/mol. The van der Waals surface area contributed by atoms with Crippen molar-refractivity contribution >= 4 is 5.91 Å². The predicted molar refractivity (Wildman–Crippen MR) is 75.1 cm³/mol. The van der Waals surface area contributed by atoms with Gasteiger partial charge in [0, 0.05) is 12.5 Å². The second kappa shape index (κ2) is 5.23. The molecule has 1 saturated carbocycles. The number of carbonyl (C=O) groups excluding carboxylic acids is 1. The first-order valence-electron chi connectivity index (χ1n) is 7.78. The van der Waals surface area contributed by atoms with Gasteiger partial charge in [-0.3, -0.25) is 4.79 Å². The highest BCUT2D eigenvalue weighted by Gasteiger charge is 2.36. The zero-order valence-corrected chi connectivity index (χ0v) is 12.5. The minimum absolute atomic E-state index is 0.119. The third kappa shape index (κ3) is 2.30. The van der Waals surface area contributed by atoms with Gasteiger partial charge in [-0.25, -0.2) is 4.98 Å². The molecule has 1 aliphatic carbocycles. The summed E-state index contributed by atoms with van der Waals surface area (Å²) >= 11 is 0. The zero-order chi connectivity index (χ0) is 15.1. The number of nitrogens with zero attached hydrogens (tertiary/aromatic N) is 4. The van der Waals surface area contributed by atoms with E-state index in [1.165, 1.54) is 6.39 Å². The number of amides is 1. The summed E-state index contributed by atoms with van der Waals surface area (Å²) in [6.45, 7) is 2.51. The van der Waals surface area contributed by atoms with Gasteiger partial charge in [-0.2, -0.15) is 4.98 Å². The number of hydrogen-bond donors (Lipinski definition) is 0. The van der Waals surface area contributed by atoms with E-state index in [-0.39, 0.29) is 11.9 Å². The molecular formula is C15H18N4O3. The van der Waals surface area contributed by atoms with Crippen molar-refractivity contribution in [3.8, 4) is 0 Å². The van der Waals surface area contributed by atoms with Crippen molar-refractivity contribution in [3.63, 3.8) is 0 Å².